The highest BCUT2D eigenvalue weighted by Crippen LogP contribution is 2.23. The van der Waals surface area contributed by atoms with E-state index in [0.29, 0.717) is 12.1 Å². The minimum Gasteiger partial charge on any atom is -0.389 e. The van der Waals surface area contributed by atoms with Gasteiger partial charge in [0.15, 0.2) is 0 Å². The molecule has 1 aromatic heterocycles. The summed E-state index contributed by atoms with van der Waals surface area (Å²) in [4.78, 5) is 16.9. The number of hydrogen-bond acceptors (Lipinski definition) is 5. The summed E-state index contributed by atoms with van der Waals surface area (Å²) in [5, 5.41) is 21.4. The fourth-order valence-corrected chi connectivity index (χ4v) is 2.21. The Morgan fingerprint density at radius 3 is 2.62 bits per heavy atom. The predicted octanol–water partition coefficient (Wildman–Crippen LogP) is 2.74. The molecule has 6 heteroatoms. The minimum absolute atomic E-state index is 0.0564. The van der Waals surface area contributed by atoms with E-state index in [0.717, 1.165) is 17.7 Å². The van der Waals surface area contributed by atoms with E-state index in [-0.39, 0.29) is 5.69 Å². The van der Waals surface area contributed by atoms with Crippen LogP contribution in [0, 0.1) is 10.1 Å². The van der Waals surface area contributed by atoms with Crippen molar-refractivity contribution in [1.82, 2.24) is 4.98 Å². The Morgan fingerprint density at radius 1 is 1.33 bits per heavy atom. The normalized spacial score (nSPS) is 11.6. The van der Waals surface area contributed by atoms with Crippen LogP contribution in [-0.2, 0) is 0 Å². The van der Waals surface area contributed by atoms with E-state index in [1.807, 2.05) is 24.0 Å². The topological polar surface area (TPSA) is 79.5 Å². The van der Waals surface area contributed by atoms with E-state index in [9.17, 15) is 15.2 Å². The number of nitrogens with zero attached hydrogens (tertiary/aromatic N) is 3. The van der Waals surface area contributed by atoms with Gasteiger partial charge in [0.1, 0.15) is 5.82 Å². The van der Waals surface area contributed by atoms with Crippen LogP contribution < -0.4 is 4.90 Å². The molecule has 0 atom stereocenters. The number of aliphatic hydroxyl groups is 1. The van der Waals surface area contributed by atoms with Gasteiger partial charge < -0.3 is 10.0 Å². The smallest absolute Gasteiger partial charge is 0.270 e. The van der Waals surface area contributed by atoms with Gasteiger partial charge in [-0.2, -0.15) is 0 Å². The number of nitro benzene ring substituents is 1. The number of likely N-dealkylation sites (N-methyl/N-ethyl adjacent to an activating group) is 1. The zero-order valence-corrected chi connectivity index (χ0v) is 12.4. The Labute approximate surface area is 123 Å². The van der Waals surface area contributed by atoms with Gasteiger partial charge in [-0.1, -0.05) is 0 Å². The minimum atomic E-state index is -0.817. The summed E-state index contributed by atoms with van der Waals surface area (Å²) in [6.07, 6.45) is 0. The number of hydrogen-bond donors (Lipinski definition) is 1. The summed E-state index contributed by atoms with van der Waals surface area (Å²) < 4.78 is 0. The number of pyridine rings is 1. The average molecular weight is 289 g/mol. The number of aromatic nitrogens is 1. The summed E-state index contributed by atoms with van der Waals surface area (Å²) in [6, 6.07) is 8.25. The number of anilines is 1. The number of non-ortho nitro benzene ring substituents is 1. The lowest BCUT2D eigenvalue weighted by molar-refractivity contribution is -0.384. The zero-order valence-electron chi connectivity index (χ0n) is 12.4. The quantitative estimate of drug-likeness (QED) is 0.676. The van der Waals surface area contributed by atoms with Crippen LogP contribution in [-0.4, -0.2) is 33.7 Å². The Kier molecular flexibility index (Phi) is 4.09. The lowest BCUT2D eigenvalue weighted by Gasteiger charge is -2.29. The maximum absolute atomic E-state index is 10.8. The second kappa shape index (κ2) is 5.65. The molecule has 112 valence electrons. The molecule has 0 saturated heterocycles. The van der Waals surface area contributed by atoms with Crippen molar-refractivity contribution in [2.45, 2.75) is 26.4 Å². The number of nitro groups is 1. The van der Waals surface area contributed by atoms with Crippen LogP contribution in [0.4, 0.5) is 11.5 Å². The first-order valence-corrected chi connectivity index (χ1v) is 6.83. The van der Waals surface area contributed by atoms with Crippen LogP contribution >= 0.6 is 0 Å². The van der Waals surface area contributed by atoms with Gasteiger partial charge in [0.05, 0.1) is 16.0 Å². The summed E-state index contributed by atoms with van der Waals surface area (Å²) in [7, 11) is 0. The van der Waals surface area contributed by atoms with Gasteiger partial charge in [-0.3, -0.25) is 10.1 Å². The van der Waals surface area contributed by atoms with Crippen molar-refractivity contribution in [3.63, 3.8) is 0 Å². The van der Waals surface area contributed by atoms with E-state index in [1.165, 1.54) is 12.1 Å². The van der Waals surface area contributed by atoms with Gasteiger partial charge in [-0.25, -0.2) is 4.98 Å². The molecule has 0 bridgehead atoms. The van der Waals surface area contributed by atoms with Crippen LogP contribution in [0.3, 0.4) is 0 Å². The summed E-state index contributed by atoms with van der Waals surface area (Å²) in [6.45, 7) is 6.68. The van der Waals surface area contributed by atoms with Crippen molar-refractivity contribution < 1.29 is 10.0 Å². The third-order valence-corrected chi connectivity index (χ3v) is 3.15. The van der Waals surface area contributed by atoms with Crippen molar-refractivity contribution in [1.29, 1.82) is 0 Å². The Morgan fingerprint density at radius 2 is 2.05 bits per heavy atom. The SMILES string of the molecule is CCN(CC(C)(C)O)c1ccc2cc([N+](=O)[O-])ccc2n1. The maximum Gasteiger partial charge on any atom is 0.270 e. The lowest BCUT2D eigenvalue weighted by Crippen LogP contribution is -2.39. The first-order chi connectivity index (χ1) is 9.80. The molecule has 0 amide bonds. The second-order valence-electron chi connectivity index (χ2n) is 5.63. The molecule has 2 rings (SSSR count). The van der Waals surface area contributed by atoms with E-state index in [4.69, 9.17) is 0 Å². The standard InChI is InChI=1S/C15H19N3O3/c1-4-17(10-15(2,3)19)14-8-5-11-9-12(18(20)21)6-7-13(11)16-14/h5-9,19H,4,10H2,1-3H3. The number of benzene rings is 1. The molecule has 21 heavy (non-hydrogen) atoms. The van der Waals surface area contributed by atoms with Crippen molar-refractivity contribution in [2.24, 2.45) is 0 Å². The van der Waals surface area contributed by atoms with Gasteiger partial charge in [0.2, 0.25) is 0 Å². The van der Waals surface area contributed by atoms with Crippen molar-refractivity contribution in [3.8, 4) is 0 Å². The molecule has 1 aromatic carbocycles. The zero-order chi connectivity index (χ0) is 15.6. The van der Waals surface area contributed by atoms with Crippen LogP contribution in [0.15, 0.2) is 30.3 Å². The summed E-state index contributed by atoms with van der Waals surface area (Å²) >= 11 is 0. The molecule has 2 aromatic rings. The first-order valence-electron chi connectivity index (χ1n) is 6.83. The van der Waals surface area contributed by atoms with Crippen LogP contribution in [0.2, 0.25) is 0 Å². The molecular weight excluding hydrogens is 270 g/mol. The van der Waals surface area contributed by atoms with Crippen molar-refractivity contribution >= 4 is 22.4 Å². The fraction of sp³-hybridized carbons (Fsp3) is 0.400. The number of rotatable bonds is 5. The van der Waals surface area contributed by atoms with E-state index < -0.39 is 10.5 Å². The highest BCUT2D eigenvalue weighted by Gasteiger charge is 2.18. The third-order valence-electron chi connectivity index (χ3n) is 3.15. The van der Waals surface area contributed by atoms with Gasteiger partial charge in [0.25, 0.3) is 5.69 Å². The molecule has 6 nitrogen and oxygen atoms in total. The lowest BCUT2D eigenvalue weighted by atomic mass is 10.1. The molecule has 0 unspecified atom stereocenters. The molecule has 0 fully saturated rings. The number of fused-ring (bicyclic) bond motifs is 1. The van der Waals surface area contributed by atoms with Crippen LogP contribution in [0.1, 0.15) is 20.8 Å². The largest absolute Gasteiger partial charge is 0.389 e. The van der Waals surface area contributed by atoms with Gasteiger partial charge in [-0.05, 0) is 39.0 Å². The summed E-state index contributed by atoms with van der Waals surface area (Å²) in [5.41, 5.74) is -0.0598. The van der Waals surface area contributed by atoms with Crippen LogP contribution in [0.25, 0.3) is 10.9 Å². The summed E-state index contributed by atoms with van der Waals surface area (Å²) in [5.74, 6) is 0.751. The predicted molar refractivity (Wildman–Crippen MR) is 82.6 cm³/mol. The van der Waals surface area contributed by atoms with Gasteiger partial charge in [-0.15, -0.1) is 0 Å². The molecule has 0 aliphatic carbocycles. The van der Waals surface area contributed by atoms with Crippen molar-refractivity contribution in [3.05, 3.63) is 40.4 Å². The third kappa shape index (κ3) is 3.66. The van der Waals surface area contributed by atoms with Crippen LogP contribution in [0.5, 0.6) is 0 Å². The first kappa shape index (κ1) is 15.2. The molecule has 0 aliphatic heterocycles. The second-order valence-corrected chi connectivity index (χ2v) is 5.63. The fourth-order valence-electron chi connectivity index (χ4n) is 2.21. The maximum atomic E-state index is 10.8. The monoisotopic (exact) mass is 289 g/mol. The molecule has 1 heterocycles. The van der Waals surface area contributed by atoms with Gasteiger partial charge in [0, 0.05) is 30.6 Å². The molecule has 1 N–H and O–H groups in total. The van der Waals surface area contributed by atoms with E-state index in [1.54, 1.807) is 19.9 Å². The highest BCUT2D eigenvalue weighted by molar-refractivity contribution is 5.82. The Hall–Kier alpha value is -2.21. The average Bonchev–Trinajstić information content (AvgIpc) is 2.42. The van der Waals surface area contributed by atoms with Crippen molar-refractivity contribution in [2.75, 3.05) is 18.0 Å². The molecule has 0 saturated carbocycles. The Bertz CT molecular complexity index is 665. The molecule has 0 aliphatic rings. The Balaban J connectivity index is 2.38. The highest BCUT2D eigenvalue weighted by atomic mass is 16.6. The molecular formula is C15H19N3O3. The molecule has 0 radical (unpaired) electrons. The molecule has 0 spiro atoms. The van der Waals surface area contributed by atoms with E-state index in [2.05, 4.69) is 4.98 Å². The van der Waals surface area contributed by atoms with E-state index >= 15 is 0 Å². The van der Waals surface area contributed by atoms with Gasteiger partial charge >= 0.3 is 0 Å².